The summed E-state index contributed by atoms with van der Waals surface area (Å²) in [5.74, 6) is 2.24. The van der Waals surface area contributed by atoms with Crippen LogP contribution in [0.25, 0.3) is 10.8 Å². The van der Waals surface area contributed by atoms with E-state index < -0.39 is 5.41 Å². The number of esters is 1. The summed E-state index contributed by atoms with van der Waals surface area (Å²) < 4.78 is 29.0. The van der Waals surface area contributed by atoms with Crippen LogP contribution >= 0.6 is 0 Å². The van der Waals surface area contributed by atoms with E-state index in [0.29, 0.717) is 53.3 Å². The molecule has 0 N–H and O–H groups in total. The third kappa shape index (κ3) is 5.29. The molecule has 0 bridgehead atoms. The minimum atomic E-state index is -0.687. The van der Waals surface area contributed by atoms with E-state index in [0.717, 1.165) is 11.8 Å². The zero-order valence-electron chi connectivity index (χ0n) is 19.4. The normalized spacial score (nSPS) is 11.5. The summed E-state index contributed by atoms with van der Waals surface area (Å²) in [5, 5.41) is 1.42. The van der Waals surface area contributed by atoms with Crippen LogP contribution in [-0.4, -0.2) is 33.4 Å². The second kappa shape index (κ2) is 9.92. The number of methoxy groups -OCH3 is 2. The van der Waals surface area contributed by atoms with Gasteiger partial charge in [0.15, 0.2) is 11.5 Å². The molecule has 0 aromatic heterocycles. The van der Waals surface area contributed by atoms with E-state index in [-0.39, 0.29) is 5.97 Å². The van der Waals surface area contributed by atoms with Crippen LogP contribution in [-0.2, 0) is 4.79 Å². The molecule has 0 aliphatic heterocycles. The molecule has 0 radical (unpaired) electrons. The van der Waals surface area contributed by atoms with Crippen molar-refractivity contribution in [2.75, 3.05) is 27.4 Å². The van der Waals surface area contributed by atoms with Crippen LogP contribution in [0, 0.1) is 11.3 Å². The lowest BCUT2D eigenvalue weighted by molar-refractivity contribution is -0.143. The molecule has 0 amide bonds. The maximum atomic E-state index is 12.7. The van der Waals surface area contributed by atoms with Crippen molar-refractivity contribution >= 4 is 16.7 Å². The highest BCUT2D eigenvalue weighted by atomic mass is 16.6. The summed E-state index contributed by atoms with van der Waals surface area (Å²) >= 11 is 0. The van der Waals surface area contributed by atoms with Gasteiger partial charge in [-0.25, -0.2) is 0 Å². The highest BCUT2D eigenvalue weighted by Gasteiger charge is 2.30. The summed E-state index contributed by atoms with van der Waals surface area (Å²) in [7, 11) is 3.05. The molecule has 2 aromatic rings. The topological polar surface area (TPSA) is 63.2 Å². The third-order valence-electron chi connectivity index (χ3n) is 4.35. The van der Waals surface area contributed by atoms with E-state index in [1.165, 1.54) is 14.2 Å². The van der Waals surface area contributed by atoms with E-state index in [1.54, 1.807) is 20.8 Å². The van der Waals surface area contributed by atoms with Crippen molar-refractivity contribution in [2.45, 2.75) is 48.0 Å². The van der Waals surface area contributed by atoms with Crippen LogP contribution in [0.15, 0.2) is 18.2 Å². The Morgan fingerprint density at radius 1 is 0.933 bits per heavy atom. The van der Waals surface area contributed by atoms with Crippen molar-refractivity contribution in [3.63, 3.8) is 0 Å². The quantitative estimate of drug-likeness (QED) is 0.388. The van der Waals surface area contributed by atoms with E-state index in [1.807, 2.05) is 25.1 Å². The molecule has 6 nitrogen and oxygen atoms in total. The monoisotopic (exact) mass is 418 g/mol. The van der Waals surface area contributed by atoms with Gasteiger partial charge in [0.1, 0.15) is 5.75 Å². The van der Waals surface area contributed by atoms with Gasteiger partial charge in [0.2, 0.25) is 11.5 Å². The Kier molecular flexibility index (Phi) is 7.82. The number of carbonyl (C=O) groups excluding carboxylic acids is 1. The second-order valence-corrected chi connectivity index (χ2v) is 8.62. The first kappa shape index (κ1) is 23.6. The third-order valence-corrected chi connectivity index (χ3v) is 4.35. The van der Waals surface area contributed by atoms with Crippen molar-refractivity contribution in [3.05, 3.63) is 18.2 Å². The van der Waals surface area contributed by atoms with Crippen LogP contribution in [0.4, 0.5) is 0 Å². The molecule has 0 spiro atoms. The molecule has 0 fully saturated rings. The number of ether oxygens (including phenoxy) is 5. The maximum Gasteiger partial charge on any atom is 0.316 e. The summed E-state index contributed by atoms with van der Waals surface area (Å²) in [5.41, 5.74) is -0.687. The molecule has 166 valence electrons. The largest absolute Gasteiger partial charge is 0.493 e. The standard InChI is InChI=1S/C24H34O6/c1-9-12-28-19-17-11-10-16(29-14-15(2)3)13-18(17)20(22(27-8)21(19)26-7)30-23(25)24(4,5)6/h10-11,13,15H,9,12,14H2,1-8H3. The minimum absolute atomic E-state index is 0.295. The van der Waals surface area contributed by atoms with Crippen molar-refractivity contribution in [2.24, 2.45) is 11.3 Å². The number of rotatable bonds is 9. The number of benzene rings is 2. The summed E-state index contributed by atoms with van der Waals surface area (Å²) in [6.45, 7) is 12.7. The fourth-order valence-electron chi connectivity index (χ4n) is 2.78. The van der Waals surface area contributed by atoms with Gasteiger partial charge in [-0.3, -0.25) is 4.79 Å². The lowest BCUT2D eigenvalue weighted by Gasteiger charge is -2.23. The minimum Gasteiger partial charge on any atom is -0.493 e. The Morgan fingerprint density at radius 3 is 2.10 bits per heavy atom. The Hall–Kier alpha value is -2.63. The SMILES string of the molecule is CCCOc1c(OC)c(OC)c(OC(=O)C(C)(C)C)c2cc(OCC(C)C)ccc12. The molecule has 0 saturated carbocycles. The van der Waals surface area contributed by atoms with E-state index >= 15 is 0 Å². The first-order valence-electron chi connectivity index (χ1n) is 10.3. The van der Waals surface area contributed by atoms with E-state index in [4.69, 9.17) is 23.7 Å². The van der Waals surface area contributed by atoms with Crippen LogP contribution < -0.4 is 23.7 Å². The lowest BCUT2D eigenvalue weighted by Crippen LogP contribution is -2.26. The first-order valence-corrected chi connectivity index (χ1v) is 10.3. The number of hydrogen-bond acceptors (Lipinski definition) is 6. The van der Waals surface area contributed by atoms with Crippen LogP contribution in [0.2, 0.25) is 0 Å². The summed E-state index contributed by atoms with van der Waals surface area (Å²) in [6, 6.07) is 5.63. The van der Waals surface area contributed by atoms with Crippen LogP contribution in [0.3, 0.4) is 0 Å². The fourth-order valence-corrected chi connectivity index (χ4v) is 2.78. The molecular formula is C24H34O6. The van der Waals surface area contributed by atoms with E-state index in [9.17, 15) is 4.79 Å². The van der Waals surface area contributed by atoms with Gasteiger partial charge in [-0.2, -0.15) is 0 Å². The highest BCUT2D eigenvalue weighted by Crippen LogP contribution is 2.52. The number of fused-ring (bicyclic) bond motifs is 1. The zero-order valence-corrected chi connectivity index (χ0v) is 19.4. The Balaban J connectivity index is 2.76. The Morgan fingerprint density at radius 2 is 1.57 bits per heavy atom. The molecule has 0 saturated heterocycles. The van der Waals surface area contributed by atoms with Gasteiger partial charge in [-0.05, 0) is 51.3 Å². The van der Waals surface area contributed by atoms with Gasteiger partial charge in [0.05, 0.1) is 32.8 Å². The van der Waals surface area contributed by atoms with Gasteiger partial charge >= 0.3 is 5.97 Å². The van der Waals surface area contributed by atoms with Crippen molar-refractivity contribution in [1.82, 2.24) is 0 Å². The first-order chi connectivity index (χ1) is 14.1. The molecule has 0 aliphatic carbocycles. The van der Waals surface area contributed by atoms with Crippen LogP contribution in [0.1, 0.15) is 48.0 Å². The van der Waals surface area contributed by atoms with Crippen molar-refractivity contribution < 1.29 is 28.5 Å². The molecule has 2 aromatic carbocycles. The summed E-state index contributed by atoms with van der Waals surface area (Å²) in [4.78, 5) is 12.7. The molecule has 0 atom stereocenters. The molecule has 2 rings (SSSR count). The lowest BCUT2D eigenvalue weighted by atomic mass is 9.97. The summed E-state index contributed by atoms with van der Waals surface area (Å²) in [6.07, 6.45) is 0.837. The highest BCUT2D eigenvalue weighted by molar-refractivity contribution is 6.01. The van der Waals surface area contributed by atoms with Crippen LogP contribution in [0.5, 0.6) is 28.7 Å². The average molecular weight is 419 g/mol. The molecule has 0 aliphatic rings. The average Bonchev–Trinajstić information content (AvgIpc) is 2.69. The van der Waals surface area contributed by atoms with Crippen molar-refractivity contribution in [1.29, 1.82) is 0 Å². The predicted molar refractivity (Wildman–Crippen MR) is 118 cm³/mol. The molecule has 0 heterocycles. The van der Waals surface area contributed by atoms with Gasteiger partial charge < -0.3 is 23.7 Å². The fraction of sp³-hybridized carbons (Fsp3) is 0.542. The van der Waals surface area contributed by atoms with Gasteiger partial charge in [0.25, 0.3) is 0 Å². The molecule has 0 unspecified atom stereocenters. The Labute approximate surface area is 179 Å². The van der Waals surface area contributed by atoms with Gasteiger partial charge in [-0.1, -0.05) is 20.8 Å². The van der Waals surface area contributed by atoms with Crippen molar-refractivity contribution in [3.8, 4) is 28.7 Å². The zero-order chi connectivity index (χ0) is 22.5. The smallest absolute Gasteiger partial charge is 0.316 e. The second-order valence-electron chi connectivity index (χ2n) is 8.62. The Bertz CT molecular complexity index is 880. The molecular weight excluding hydrogens is 384 g/mol. The maximum absolute atomic E-state index is 12.7. The molecule has 30 heavy (non-hydrogen) atoms. The van der Waals surface area contributed by atoms with Gasteiger partial charge in [-0.15, -0.1) is 0 Å². The number of hydrogen-bond donors (Lipinski definition) is 0. The van der Waals surface area contributed by atoms with E-state index in [2.05, 4.69) is 13.8 Å². The molecule has 6 heteroatoms. The number of carbonyl (C=O) groups is 1. The predicted octanol–water partition coefficient (Wildman–Crippen LogP) is 5.63. The van der Waals surface area contributed by atoms with Gasteiger partial charge in [0, 0.05) is 10.8 Å².